The summed E-state index contributed by atoms with van der Waals surface area (Å²) in [4.78, 5) is 10.8. The molecule has 0 radical (unpaired) electrons. The number of rotatable bonds is 7. The molecule has 0 aliphatic carbocycles. The van der Waals surface area contributed by atoms with Gasteiger partial charge in [-0.2, -0.15) is 0 Å². The second-order valence-corrected chi connectivity index (χ2v) is 9.59. The van der Waals surface area contributed by atoms with Gasteiger partial charge in [-0.1, -0.05) is 117 Å². The molecule has 1 saturated heterocycles. The molecule has 0 spiro atoms. The zero-order valence-corrected chi connectivity index (χ0v) is 24.8. The Morgan fingerprint density at radius 2 is 1.57 bits per heavy atom. The van der Waals surface area contributed by atoms with E-state index in [1.807, 2.05) is 58.9 Å². The van der Waals surface area contributed by atoms with Crippen LogP contribution in [0.2, 0.25) is 0 Å². The minimum Gasteiger partial charge on any atom is -0.390 e. The molecule has 0 bridgehead atoms. The Kier molecular flexibility index (Phi) is 27.5. The van der Waals surface area contributed by atoms with E-state index in [0.717, 1.165) is 24.1 Å². The van der Waals surface area contributed by atoms with Crippen molar-refractivity contribution in [1.82, 2.24) is 5.32 Å². The lowest BCUT2D eigenvalue weighted by molar-refractivity contribution is -0.112. The highest BCUT2D eigenvalue weighted by atomic mass is 16.3. The molecular weight excluding hydrogens is 432 g/mol. The summed E-state index contributed by atoms with van der Waals surface area (Å²) in [5.74, 6) is -0.468. The number of amides is 1. The lowest BCUT2D eigenvalue weighted by Crippen LogP contribution is -2.35. The van der Waals surface area contributed by atoms with E-state index in [1.54, 1.807) is 0 Å². The molecule has 1 fully saturated rings. The second kappa shape index (κ2) is 25.4. The van der Waals surface area contributed by atoms with E-state index < -0.39 is 11.5 Å². The summed E-state index contributed by atoms with van der Waals surface area (Å²) in [6, 6.07) is 8.06. The van der Waals surface area contributed by atoms with Crippen LogP contribution in [0.1, 0.15) is 131 Å². The monoisotopic (exact) mass is 492 g/mol. The summed E-state index contributed by atoms with van der Waals surface area (Å²) in [6.07, 6.45) is 12.8. The first kappa shape index (κ1) is 37.9. The van der Waals surface area contributed by atoms with Crippen LogP contribution in [0, 0.1) is 6.92 Å². The zero-order chi connectivity index (χ0) is 27.7. The lowest BCUT2D eigenvalue weighted by Gasteiger charge is -2.24. The first-order valence-electron chi connectivity index (χ1n) is 14.0. The number of primary amides is 1. The molecular formula is C31H60N2O2. The van der Waals surface area contributed by atoms with Crippen molar-refractivity contribution in [3.05, 3.63) is 42.0 Å². The van der Waals surface area contributed by atoms with Crippen molar-refractivity contribution < 1.29 is 9.90 Å². The fraction of sp³-hybridized carbons (Fsp3) is 0.710. The summed E-state index contributed by atoms with van der Waals surface area (Å²) >= 11 is 0. The molecule has 4 heteroatoms. The number of aliphatic hydroxyl groups is 1. The van der Waals surface area contributed by atoms with Crippen LogP contribution in [0.15, 0.2) is 30.8 Å². The van der Waals surface area contributed by atoms with Crippen molar-refractivity contribution in [2.75, 3.05) is 6.54 Å². The number of unbranched alkanes of at least 4 members (excludes halogenated alkanes) is 3. The van der Waals surface area contributed by atoms with Crippen molar-refractivity contribution in [3.8, 4) is 0 Å². The number of aryl methyl sites for hydroxylation is 1. The Labute approximate surface area is 219 Å². The van der Waals surface area contributed by atoms with Crippen LogP contribution in [-0.2, 0) is 4.79 Å². The van der Waals surface area contributed by atoms with Crippen molar-refractivity contribution in [3.63, 3.8) is 0 Å². The largest absolute Gasteiger partial charge is 0.390 e. The molecule has 1 aromatic carbocycles. The van der Waals surface area contributed by atoms with E-state index in [4.69, 9.17) is 5.73 Å². The summed E-state index contributed by atoms with van der Waals surface area (Å²) in [5, 5.41) is 13.1. The van der Waals surface area contributed by atoms with Crippen LogP contribution < -0.4 is 11.1 Å². The first-order chi connectivity index (χ1) is 16.5. The number of nitrogens with two attached hydrogens (primary N) is 1. The molecule has 2 rings (SSSR count). The van der Waals surface area contributed by atoms with E-state index in [0.29, 0.717) is 11.6 Å². The summed E-state index contributed by atoms with van der Waals surface area (Å²) in [5.41, 5.74) is 6.79. The quantitative estimate of drug-likeness (QED) is 0.265. The van der Waals surface area contributed by atoms with Crippen LogP contribution in [0.3, 0.4) is 0 Å². The van der Waals surface area contributed by atoms with Gasteiger partial charge >= 0.3 is 0 Å². The minimum atomic E-state index is -0.512. The number of nitrogens with one attached hydrogen (secondary N) is 1. The second-order valence-electron chi connectivity index (χ2n) is 9.59. The van der Waals surface area contributed by atoms with Gasteiger partial charge in [0, 0.05) is 11.6 Å². The minimum absolute atomic E-state index is 0.369. The molecule has 1 atom stereocenters. The topological polar surface area (TPSA) is 75.4 Å². The van der Waals surface area contributed by atoms with Gasteiger partial charge in [-0.05, 0) is 57.7 Å². The van der Waals surface area contributed by atoms with Gasteiger partial charge < -0.3 is 16.2 Å². The number of hydrogen-bond acceptors (Lipinski definition) is 3. The van der Waals surface area contributed by atoms with Crippen LogP contribution in [0.25, 0.3) is 5.57 Å². The Bertz CT molecular complexity index is 609. The van der Waals surface area contributed by atoms with Crippen LogP contribution in [0.4, 0.5) is 0 Å². The Hall–Kier alpha value is -1.65. The molecule has 1 aromatic rings. The van der Waals surface area contributed by atoms with E-state index in [2.05, 4.69) is 39.6 Å². The third-order valence-corrected chi connectivity index (χ3v) is 5.13. The molecule has 35 heavy (non-hydrogen) atoms. The summed E-state index contributed by atoms with van der Waals surface area (Å²) in [7, 11) is 0. The Morgan fingerprint density at radius 3 is 2.00 bits per heavy atom. The smallest absolute Gasteiger partial charge is 0.248 e. The molecule has 4 N–H and O–H groups in total. The molecule has 1 heterocycles. The zero-order valence-electron chi connectivity index (χ0n) is 24.8. The molecule has 4 nitrogen and oxygen atoms in total. The van der Waals surface area contributed by atoms with Crippen molar-refractivity contribution in [1.29, 1.82) is 0 Å². The maximum atomic E-state index is 10.8. The maximum Gasteiger partial charge on any atom is 0.248 e. The fourth-order valence-electron chi connectivity index (χ4n) is 3.42. The lowest BCUT2D eigenvalue weighted by atomic mass is 9.96. The van der Waals surface area contributed by atoms with Crippen LogP contribution in [0.5, 0.6) is 0 Å². The number of benzene rings is 1. The molecule has 1 amide bonds. The highest BCUT2D eigenvalue weighted by molar-refractivity contribution is 6.18. The molecule has 1 aliphatic rings. The van der Waals surface area contributed by atoms with E-state index >= 15 is 0 Å². The third kappa shape index (κ3) is 25.3. The average molecular weight is 493 g/mol. The van der Waals surface area contributed by atoms with Crippen molar-refractivity contribution in [2.45, 2.75) is 138 Å². The standard InChI is InChI=1S/C10H21NO.C10H11NO.C6H14.C3H8.C2H6/c1-10(2,12)8-9-6-4-3-5-7-11-9;1-7-5-3-4-6-9(7)8(2)10(11)12;1-3-5-6-4-2;1-3-2;1-2/h9,11-12H,3-8H2,1-2H3;3-6H,2H2,1H3,(H2,11,12);3-6H2,1-2H3;3H2,1-2H3;1-2H3/t9-;;;;/m0..../s1. The predicted molar refractivity (Wildman–Crippen MR) is 158 cm³/mol. The van der Waals surface area contributed by atoms with Gasteiger partial charge in [-0.25, -0.2) is 0 Å². The van der Waals surface area contributed by atoms with Crippen molar-refractivity contribution >= 4 is 11.5 Å². The van der Waals surface area contributed by atoms with Gasteiger partial charge in [0.2, 0.25) is 5.91 Å². The first-order valence-corrected chi connectivity index (χ1v) is 14.0. The highest BCUT2D eigenvalue weighted by Crippen LogP contribution is 2.18. The van der Waals surface area contributed by atoms with Crippen LogP contribution >= 0.6 is 0 Å². The van der Waals surface area contributed by atoms with Gasteiger partial charge in [0.25, 0.3) is 0 Å². The van der Waals surface area contributed by atoms with Gasteiger partial charge in [-0.3, -0.25) is 4.79 Å². The van der Waals surface area contributed by atoms with Crippen molar-refractivity contribution in [2.24, 2.45) is 5.73 Å². The number of hydrogen-bond donors (Lipinski definition) is 3. The molecule has 206 valence electrons. The van der Waals surface area contributed by atoms with Gasteiger partial charge in [0.15, 0.2) is 0 Å². The molecule has 1 aliphatic heterocycles. The van der Waals surface area contributed by atoms with E-state index in [9.17, 15) is 9.90 Å². The SMILES string of the molecule is C=C(C(N)=O)c1ccccc1C.CC.CC(C)(O)C[C@@H]1CCCCCN1.CCC.CCCCCC. The van der Waals surface area contributed by atoms with Gasteiger partial charge in [-0.15, -0.1) is 0 Å². The van der Waals surface area contributed by atoms with Gasteiger partial charge in [0.05, 0.1) is 5.60 Å². The predicted octanol–water partition coefficient (Wildman–Crippen LogP) is 8.20. The van der Waals surface area contributed by atoms with E-state index in [-0.39, 0.29) is 0 Å². The molecule has 0 unspecified atom stereocenters. The Morgan fingerprint density at radius 1 is 1.06 bits per heavy atom. The molecule has 0 aromatic heterocycles. The summed E-state index contributed by atoms with van der Waals surface area (Å²) < 4.78 is 0. The van der Waals surface area contributed by atoms with Crippen LogP contribution in [-0.4, -0.2) is 29.2 Å². The van der Waals surface area contributed by atoms with Gasteiger partial charge in [0.1, 0.15) is 0 Å². The summed E-state index contributed by atoms with van der Waals surface area (Å²) in [6.45, 7) is 23.1. The fourth-order valence-corrected chi connectivity index (χ4v) is 3.42. The average Bonchev–Trinajstić information content (AvgIpc) is 3.07. The van der Waals surface area contributed by atoms with E-state index in [1.165, 1.54) is 57.8 Å². The normalized spacial score (nSPS) is 14.6. The number of carbonyl (C=O) groups is 1. The Balaban J connectivity index is -0.000000419. The molecule has 0 saturated carbocycles. The number of carbonyl (C=O) groups excluding carboxylic acids is 1. The maximum absolute atomic E-state index is 10.8. The highest BCUT2D eigenvalue weighted by Gasteiger charge is 2.20. The third-order valence-electron chi connectivity index (χ3n) is 5.13.